The van der Waals surface area contributed by atoms with E-state index >= 15 is 0 Å². The second-order valence-electron chi connectivity index (χ2n) is 5.80. The van der Waals surface area contributed by atoms with Crippen molar-refractivity contribution in [3.63, 3.8) is 0 Å². The van der Waals surface area contributed by atoms with Crippen molar-refractivity contribution in [1.29, 1.82) is 0 Å². The maximum atomic E-state index is 13.4. The van der Waals surface area contributed by atoms with Crippen LogP contribution >= 0.6 is 0 Å². The summed E-state index contributed by atoms with van der Waals surface area (Å²) < 4.78 is 44.7. The lowest BCUT2D eigenvalue weighted by Crippen LogP contribution is -2.52. The van der Waals surface area contributed by atoms with E-state index < -0.39 is 48.1 Å². The van der Waals surface area contributed by atoms with Crippen molar-refractivity contribution in [1.82, 2.24) is 9.80 Å². The fourth-order valence-corrected chi connectivity index (χ4v) is 2.59. The zero-order valence-electron chi connectivity index (χ0n) is 13.7. The van der Waals surface area contributed by atoms with Crippen LogP contribution < -0.4 is 0 Å². The second kappa shape index (κ2) is 6.76. The zero-order chi connectivity index (χ0) is 18.1. The van der Waals surface area contributed by atoms with Crippen molar-refractivity contribution >= 4 is 17.9 Å². The molecule has 9 heteroatoms. The van der Waals surface area contributed by atoms with Gasteiger partial charge >= 0.3 is 18.2 Å². The van der Waals surface area contributed by atoms with E-state index in [1.165, 1.54) is 34.6 Å². The molecule has 3 amide bonds. The van der Waals surface area contributed by atoms with Crippen LogP contribution in [0.25, 0.3) is 0 Å². The van der Waals surface area contributed by atoms with Crippen LogP contribution in [-0.2, 0) is 14.3 Å². The van der Waals surface area contributed by atoms with Gasteiger partial charge in [-0.1, -0.05) is 0 Å². The molecular formula is C14H21F3N2O4. The van der Waals surface area contributed by atoms with Gasteiger partial charge in [0.2, 0.25) is 0 Å². The molecule has 1 aliphatic rings. The molecule has 1 saturated heterocycles. The normalized spacial score (nSPS) is 20.7. The maximum Gasteiger partial charge on any atom is 0.404 e. The van der Waals surface area contributed by atoms with Crippen molar-refractivity contribution < 1.29 is 32.3 Å². The Morgan fingerprint density at radius 3 is 2.04 bits per heavy atom. The SMILES string of the molecule is CCOC(=O)C(C1C(=O)N(C(C)C)C(=O)N1C(C)C)C(F)(F)F. The molecule has 1 fully saturated rings. The number of ether oxygens (including phenoxy) is 1. The van der Waals surface area contributed by atoms with Crippen molar-refractivity contribution in [2.45, 2.75) is 58.9 Å². The van der Waals surface area contributed by atoms with Gasteiger partial charge in [0.05, 0.1) is 6.61 Å². The summed E-state index contributed by atoms with van der Waals surface area (Å²) in [5.74, 6) is -5.29. The van der Waals surface area contributed by atoms with E-state index in [2.05, 4.69) is 4.74 Å². The van der Waals surface area contributed by atoms with Crippen LogP contribution in [0.3, 0.4) is 0 Å². The van der Waals surface area contributed by atoms with E-state index in [1.807, 2.05) is 0 Å². The molecule has 0 N–H and O–H groups in total. The number of alkyl halides is 3. The van der Waals surface area contributed by atoms with Gasteiger partial charge in [-0.15, -0.1) is 0 Å². The summed E-state index contributed by atoms with van der Waals surface area (Å²) in [5.41, 5.74) is 0. The van der Waals surface area contributed by atoms with Gasteiger partial charge < -0.3 is 9.64 Å². The smallest absolute Gasteiger partial charge is 0.404 e. The monoisotopic (exact) mass is 338 g/mol. The molecule has 0 radical (unpaired) electrons. The molecule has 2 unspecified atom stereocenters. The predicted octanol–water partition coefficient (Wildman–Crippen LogP) is 2.18. The average Bonchev–Trinajstić information content (AvgIpc) is 2.59. The van der Waals surface area contributed by atoms with Gasteiger partial charge in [0.1, 0.15) is 6.04 Å². The Kier molecular flexibility index (Phi) is 5.65. The van der Waals surface area contributed by atoms with E-state index in [1.54, 1.807) is 0 Å². The number of hydrogen-bond acceptors (Lipinski definition) is 4. The fourth-order valence-electron chi connectivity index (χ4n) is 2.59. The van der Waals surface area contributed by atoms with Gasteiger partial charge in [0, 0.05) is 12.1 Å². The van der Waals surface area contributed by atoms with Crippen LogP contribution in [0.4, 0.5) is 18.0 Å². The quantitative estimate of drug-likeness (QED) is 0.569. The van der Waals surface area contributed by atoms with Gasteiger partial charge in [0.25, 0.3) is 5.91 Å². The molecule has 0 saturated carbocycles. The number of carbonyl (C=O) groups is 3. The van der Waals surface area contributed by atoms with Crippen LogP contribution in [-0.4, -0.2) is 58.6 Å². The minimum atomic E-state index is -5.01. The lowest BCUT2D eigenvalue weighted by molar-refractivity contribution is -0.207. The molecule has 1 heterocycles. The Morgan fingerprint density at radius 1 is 1.17 bits per heavy atom. The summed E-state index contributed by atoms with van der Waals surface area (Å²) in [6.07, 6.45) is -5.01. The standard InChI is InChI=1S/C14H21F3N2O4/c1-6-23-12(21)9(14(15,16)17)10-11(20)19(8(4)5)13(22)18(10)7(2)3/h7-10H,6H2,1-5H3. The van der Waals surface area contributed by atoms with Gasteiger partial charge in [-0.3, -0.25) is 14.5 Å². The number of urea groups is 1. The van der Waals surface area contributed by atoms with Crippen LogP contribution in [0.5, 0.6) is 0 Å². The highest BCUT2D eigenvalue weighted by Gasteiger charge is 2.61. The number of halogens is 3. The van der Waals surface area contributed by atoms with Crippen molar-refractivity contribution in [2.24, 2.45) is 5.92 Å². The summed E-state index contributed by atoms with van der Waals surface area (Å²) in [6.45, 7) is 7.12. The highest BCUT2D eigenvalue weighted by atomic mass is 19.4. The number of nitrogens with zero attached hydrogens (tertiary/aromatic N) is 2. The molecule has 132 valence electrons. The number of hydrogen-bond donors (Lipinski definition) is 0. The fraction of sp³-hybridized carbons (Fsp3) is 0.786. The maximum absolute atomic E-state index is 13.4. The minimum absolute atomic E-state index is 0.254. The molecule has 6 nitrogen and oxygen atoms in total. The van der Waals surface area contributed by atoms with E-state index in [9.17, 15) is 27.6 Å². The number of amides is 3. The predicted molar refractivity (Wildman–Crippen MR) is 74.3 cm³/mol. The summed E-state index contributed by atoms with van der Waals surface area (Å²) >= 11 is 0. The van der Waals surface area contributed by atoms with E-state index in [0.717, 1.165) is 9.80 Å². The van der Waals surface area contributed by atoms with Gasteiger partial charge in [-0.25, -0.2) is 4.79 Å². The summed E-state index contributed by atoms with van der Waals surface area (Å²) in [4.78, 5) is 38.1. The molecule has 2 atom stereocenters. The lowest BCUT2D eigenvalue weighted by Gasteiger charge is -2.31. The third-order valence-electron chi connectivity index (χ3n) is 3.50. The van der Waals surface area contributed by atoms with Crippen LogP contribution in [0.2, 0.25) is 0 Å². The van der Waals surface area contributed by atoms with Gasteiger partial charge in [-0.05, 0) is 34.6 Å². The molecule has 0 aromatic rings. The third kappa shape index (κ3) is 3.59. The number of carbonyl (C=O) groups excluding carboxylic acids is 3. The molecular weight excluding hydrogens is 317 g/mol. The molecule has 0 bridgehead atoms. The largest absolute Gasteiger partial charge is 0.465 e. The Balaban J connectivity index is 3.39. The first kappa shape index (κ1) is 19.2. The van der Waals surface area contributed by atoms with E-state index in [4.69, 9.17) is 0 Å². The van der Waals surface area contributed by atoms with Crippen molar-refractivity contribution in [3.8, 4) is 0 Å². The molecule has 0 spiro atoms. The summed E-state index contributed by atoms with van der Waals surface area (Å²) in [7, 11) is 0. The van der Waals surface area contributed by atoms with Crippen LogP contribution in [0.15, 0.2) is 0 Å². The molecule has 1 rings (SSSR count). The molecule has 0 aromatic carbocycles. The van der Waals surface area contributed by atoms with Crippen molar-refractivity contribution in [2.75, 3.05) is 6.61 Å². The van der Waals surface area contributed by atoms with Crippen LogP contribution in [0.1, 0.15) is 34.6 Å². The second-order valence-corrected chi connectivity index (χ2v) is 5.80. The average molecular weight is 338 g/mol. The number of esters is 1. The third-order valence-corrected chi connectivity index (χ3v) is 3.50. The molecule has 0 aromatic heterocycles. The zero-order valence-corrected chi connectivity index (χ0v) is 13.7. The Hall–Kier alpha value is -1.80. The molecule has 0 aliphatic carbocycles. The van der Waals surface area contributed by atoms with Crippen molar-refractivity contribution in [3.05, 3.63) is 0 Å². The highest BCUT2D eigenvalue weighted by Crippen LogP contribution is 2.37. The Labute approximate surface area is 132 Å². The van der Waals surface area contributed by atoms with E-state index in [0.29, 0.717) is 0 Å². The Morgan fingerprint density at radius 2 is 1.70 bits per heavy atom. The molecule has 1 aliphatic heterocycles. The topological polar surface area (TPSA) is 66.9 Å². The first-order valence-electron chi connectivity index (χ1n) is 7.33. The minimum Gasteiger partial charge on any atom is -0.465 e. The van der Waals surface area contributed by atoms with Gasteiger partial charge in [0.15, 0.2) is 5.92 Å². The summed E-state index contributed by atoms with van der Waals surface area (Å²) in [6, 6.07) is -4.07. The number of imide groups is 1. The highest BCUT2D eigenvalue weighted by molar-refractivity contribution is 6.06. The van der Waals surface area contributed by atoms with Crippen LogP contribution in [0, 0.1) is 5.92 Å². The molecule has 23 heavy (non-hydrogen) atoms. The van der Waals surface area contributed by atoms with E-state index in [-0.39, 0.29) is 6.61 Å². The first-order chi connectivity index (χ1) is 10.4. The first-order valence-corrected chi connectivity index (χ1v) is 7.33. The summed E-state index contributed by atoms with van der Waals surface area (Å²) in [5, 5.41) is 0. The number of rotatable bonds is 5. The van der Waals surface area contributed by atoms with Gasteiger partial charge in [-0.2, -0.15) is 13.2 Å². The Bertz CT molecular complexity index is 491. The lowest BCUT2D eigenvalue weighted by atomic mass is 9.96.